The van der Waals surface area contributed by atoms with Crippen LogP contribution >= 0.6 is 23.2 Å². The Labute approximate surface area is 208 Å². The molecule has 1 aromatic carbocycles. The molecule has 0 saturated carbocycles. The Morgan fingerprint density at radius 2 is 1.79 bits per heavy atom. The van der Waals surface area contributed by atoms with Gasteiger partial charge in [0.1, 0.15) is 11.9 Å². The van der Waals surface area contributed by atoms with Crippen LogP contribution in [0.1, 0.15) is 30.6 Å². The van der Waals surface area contributed by atoms with Gasteiger partial charge in [-0.3, -0.25) is 4.79 Å². The summed E-state index contributed by atoms with van der Waals surface area (Å²) in [5, 5.41) is 12.7. The predicted molar refractivity (Wildman–Crippen MR) is 131 cm³/mol. The number of pyridine rings is 1. The molecule has 3 atom stereocenters. The van der Waals surface area contributed by atoms with Gasteiger partial charge in [0.25, 0.3) is 5.91 Å². The van der Waals surface area contributed by atoms with Crippen LogP contribution in [-0.4, -0.2) is 61.1 Å². The number of halogens is 2. The lowest BCUT2D eigenvalue weighted by atomic mass is 9.94. The van der Waals surface area contributed by atoms with E-state index in [1.165, 1.54) is 16.4 Å². The molecule has 34 heavy (non-hydrogen) atoms. The molecule has 2 N–H and O–H groups in total. The molecule has 3 heterocycles. The average molecular weight is 529 g/mol. The molecule has 0 spiro atoms. The quantitative estimate of drug-likeness (QED) is 0.614. The number of amides is 1. The number of hydrogen-bond acceptors (Lipinski definition) is 6. The van der Waals surface area contributed by atoms with E-state index in [9.17, 15) is 18.3 Å². The van der Waals surface area contributed by atoms with Crippen LogP contribution in [0.2, 0.25) is 10.0 Å². The number of nitrogens with one attached hydrogen (secondary N) is 1. The molecule has 1 amide bonds. The number of fused-ring (bicyclic) bond motifs is 1. The number of benzene rings is 1. The van der Waals surface area contributed by atoms with E-state index in [2.05, 4.69) is 10.3 Å². The third-order valence-corrected chi connectivity index (χ3v) is 8.27. The van der Waals surface area contributed by atoms with Crippen LogP contribution < -0.4 is 14.4 Å². The summed E-state index contributed by atoms with van der Waals surface area (Å²) in [7, 11) is -3.96. The van der Waals surface area contributed by atoms with E-state index in [0.717, 1.165) is 10.7 Å². The van der Waals surface area contributed by atoms with Crippen LogP contribution in [0, 0.1) is 11.8 Å². The summed E-state index contributed by atoms with van der Waals surface area (Å²) in [6, 6.07) is 7.70. The van der Waals surface area contributed by atoms with Crippen molar-refractivity contribution < 1.29 is 23.1 Å². The first kappa shape index (κ1) is 25.0. The first-order valence-electron chi connectivity index (χ1n) is 10.9. The summed E-state index contributed by atoms with van der Waals surface area (Å²) < 4.78 is 35.6. The van der Waals surface area contributed by atoms with Crippen molar-refractivity contribution in [2.24, 2.45) is 11.8 Å². The molecule has 9 nitrogen and oxygen atoms in total. The second-order valence-corrected chi connectivity index (χ2v) is 11.5. The van der Waals surface area contributed by atoms with Crippen molar-refractivity contribution in [3.05, 3.63) is 45.9 Å². The Morgan fingerprint density at radius 3 is 2.41 bits per heavy atom. The first-order valence-corrected chi connectivity index (χ1v) is 13.1. The fourth-order valence-corrected chi connectivity index (χ4v) is 6.83. The SMILES string of the molecule is CC1CC(C)CN(S(=O)(=O)N2CC(CO)Oc3ccc(NC(=O)c4c(Cl)cccc4Cl)nc32)C1. The molecule has 3 unspecified atom stereocenters. The van der Waals surface area contributed by atoms with Gasteiger partial charge in [0, 0.05) is 13.1 Å². The number of ether oxygens (including phenoxy) is 1. The van der Waals surface area contributed by atoms with Gasteiger partial charge in [-0.05, 0) is 42.5 Å². The second-order valence-electron chi connectivity index (χ2n) is 8.79. The maximum Gasteiger partial charge on any atom is 0.305 e. The summed E-state index contributed by atoms with van der Waals surface area (Å²) in [6.45, 7) is 4.37. The van der Waals surface area contributed by atoms with Gasteiger partial charge in [0.05, 0.1) is 28.8 Å². The van der Waals surface area contributed by atoms with Crippen LogP contribution in [0.3, 0.4) is 0 Å². The van der Waals surface area contributed by atoms with Crippen LogP contribution in [0.4, 0.5) is 11.6 Å². The lowest BCUT2D eigenvalue weighted by Crippen LogP contribution is -2.54. The van der Waals surface area contributed by atoms with Gasteiger partial charge in [-0.2, -0.15) is 12.7 Å². The van der Waals surface area contributed by atoms with Gasteiger partial charge >= 0.3 is 10.2 Å². The molecule has 1 saturated heterocycles. The summed E-state index contributed by atoms with van der Waals surface area (Å²) >= 11 is 12.3. The number of rotatable bonds is 5. The topological polar surface area (TPSA) is 112 Å². The zero-order valence-corrected chi connectivity index (χ0v) is 21.1. The summed E-state index contributed by atoms with van der Waals surface area (Å²) in [5.74, 6) is 0.185. The largest absolute Gasteiger partial charge is 0.482 e. The summed E-state index contributed by atoms with van der Waals surface area (Å²) in [5.41, 5.74) is 0.0859. The van der Waals surface area contributed by atoms with E-state index in [-0.39, 0.29) is 58.0 Å². The summed E-state index contributed by atoms with van der Waals surface area (Å²) in [6.07, 6.45) is 0.204. The van der Waals surface area contributed by atoms with Crippen molar-refractivity contribution >= 4 is 51.0 Å². The number of aliphatic hydroxyl groups excluding tert-OH is 1. The van der Waals surface area contributed by atoms with E-state index in [0.29, 0.717) is 13.1 Å². The highest BCUT2D eigenvalue weighted by atomic mass is 35.5. The van der Waals surface area contributed by atoms with Gasteiger partial charge in [0.2, 0.25) is 0 Å². The van der Waals surface area contributed by atoms with Gasteiger partial charge in [-0.1, -0.05) is 43.1 Å². The highest BCUT2D eigenvalue weighted by Gasteiger charge is 2.40. The molecule has 1 aromatic heterocycles. The first-order chi connectivity index (χ1) is 16.1. The molecule has 2 aliphatic rings. The Hall–Kier alpha value is -2.11. The molecule has 12 heteroatoms. The van der Waals surface area contributed by atoms with Crippen molar-refractivity contribution in [1.82, 2.24) is 9.29 Å². The van der Waals surface area contributed by atoms with Gasteiger partial charge in [0.15, 0.2) is 11.6 Å². The van der Waals surface area contributed by atoms with E-state index >= 15 is 0 Å². The minimum Gasteiger partial charge on any atom is -0.482 e. The van der Waals surface area contributed by atoms with E-state index in [4.69, 9.17) is 27.9 Å². The second kappa shape index (κ2) is 9.87. The van der Waals surface area contributed by atoms with Crippen LogP contribution in [-0.2, 0) is 10.2 Å². The van der Waals surface area contributed by atoms with Crippen molar-refractivity contribution in [3.8, 4) is 5.75 Å². The smallest absolute Gasteiger partial charge is 0.305 e. The Morgan fingerprint density at radius 1 is 1.15 bits per heavy atom. The molecule has 184 valence electrons. The number of aromatic nitrogens is 1. The molecule has 0 bridgehead atoms. The number of aliphatic hydroxyl groups is 1. The fourth-order valence-electron chi connectivity index (χ4n) is 4.39. The number of hydrogen-bond donors (Lipinski definition) is 2. The predicted octanol–water partition coefficient (Wildman–Crippen LogP) is 3.42. The third-order valence-electron chi connectivity index (χ3n) is 5.81. The molecular weight excluding hydrogens is 503 g/mol. The van der Waals surface area contributed by atoms with Crippen LogP contribution in [0.5, 0.6) is 5.75 Å². The van der Waals surface area contributed by atoms with Crippen molar-refractivity contribution in [2.75, 3.05) is 35.9 Å². The zero-order valence-electron chi connectivity index (χ0n) is 18.7. The maximum atomic E-state index is 13.7. The van der Waals surface area contributed by atoms with E-state index in [1.54, 1.807) is 18.2 Å². The molecule has 2 aromatic rings. The number of anilines is 2. The zero-order chi connectivity index (χ0) is 24.6. The van der Waals surface area contributed by atoms with Crippen LogP contribution in [0.15, 0.2) is 30.3 Å². The Balaban J connectivity index is 1.68. The standard InChI is InChI=1S/C22H26Cl2N4O5S/c1-13-8-14(2)10-27(9-13)34(31,32)28-11-15(12-29)33-18-6-7-19(25-21(18)28)26-22(30)20-16(23)4-3-5-17(20)24/h3-7,13-15,29H,8-12H2,1-2H3,(H,25,26,30). The fraction of sp³-hybridized carbons (Fsp3) is 0.455. The number of carbonyl (C=O) groups excluding carboxylic acids is 1. The maximum absolute atomic E-state index is 13.7. The van der Waals surface area contributed by atoms with E-state index in [1.807, 2.05) is 13.8 Å². The number of piperidine rings is 1. The normalized spacial score (nSPS) is 23.2. The number of carbonyl (C=O) groups is 1. The minimum absolute atomic E-state index is 0.0404. The lowest BCUT2D eigenvalue weighted by molar-refractivity contribution is 0.102. The Bertz CT molecular complexity index is 1170. The highest BCUT2D eigenvalue weighted by molar-refractivity contribution is 7.90. The monoisotopic (exact) mass is 528 g/mol. The minimum atomic E-state index is -3.96. The van der Waals surface area contributed by atoms with Gasteiger partial charge < -0.3 is 15.2 Å². The van der Waals surface area contributed by atoms with Gasteiger partial charge in [-0.15, -0.1) is 0 Å². The molecule has 0 radical (unpaired) electrons. The highest BCUT2D eigenvalue weighted by Crippen LogP contribution is 2.37. The summed E-state index contributed by atoms with van der Waals surface area (Å²) in [4.78, 5) is 17.2. The van der Waals surface area contributed by atoms with Crippen molar-refractivity contribution in [2.45, 2.75) is 26.4 Å². The Kier molecular flexibility index (Phi) is 7.25. The number of nitrogens with zero attached hydrogens (tertiary/aromatic N) is 3. The molecule has 0 aliphatic carbocycles. The molecular formula is C22H26Cl2N4O5S. The van der Waals surface area contributed by atoms with Crippen molar-refractivity contribution in [3.63, 3.8) is 0 Å². The molecule has 2 aliphatic heterocycles. The van der Waals surface area contributed by atoms with E-state index < -0.39 is 22.2 Å². The molecule has 4 rings (SSSR count). The average Bonchev–Trinajstić information content (AvgIpc) is 2.77. The van der Waals surface area contributed by atoms with Gasteiger partial charge in [-0.25, -0.2) is 9.29 Å². The van der Waals surface area contributed by atoms with Crippen LogP contribution in [0.25, 0.3) is 0 Å². The lowest BCUT2D eigenvalue weighted by Gasteiger charge is -2.40. The van der Waals surface area contributed by atoms with Crippen molar-refractivity contribution in [1.29, 1.82) is 0 Å². The molecule has 1 fully saturated rings. The third kappa shape index (κ3) is 4.96.